The van der Waals surface area contributed by atoms with Gasteiger partial charge in [0.05, 0.1) is 29.2 Å². The highest BCUT2D eigenvalue weighted by atomic mass is 16.4. The number of aliphatic carboxylic acids is 1. The Morgan fingerprint density at radius 3 is 2.48 bits per heavy atom. The highest BCUT2D eigenvalue weighted by Gasteiger charge is 2.25. The Bertz CT molecular complexity index is 724. The van der Waals surface area contributed by atoms with E-state index in [9.17, 15) is 4.79 Å². The fraction of sp³-hybridized carbons (Fsp3) is 0.529. The summed E-state index contributed by atoms with van der Waals surface area (Å²) < 4.78 is 0. The van der Waals surface area contributed by atoms with Crippen LogP contribution in [-0.2, 0) is 17.6 Å². The Morgan fingerprint density at radius 2 is 1.87 bits per heavy atom. The van der Waals surface area contributed by atoms with Gasteiger partial charge in [-0.2, -0.15) is 0 Å². The topological polar surface area (TPSA) is 79.2 Å². The molecule has 3 rings (SSSR count). The highest BCUT2D eigenvalue weighted by molar-refractivity contribution is 5.75. The number of carboxylic acids is 1. The van der Waals surface area contributed by atoms with Gasteiger partial charge in [-0.15, -0.1) is 0 Å². The Morgan fingerprint density at radius 1 is 1.22 bits per heavy atom. The molecule has 1 N–H and O–H groups in total. The lowest BCUT2D eigenvalue weighted by Gasteiger charge is -2.31. The van der Waals surface area contributed by atoms with Crippen LogP contribution in [0.15, 0.2) is 12.3 Å². The van der Waals surface area contributed by atoms with Gasteiger partial charge in [0.2, 0.25) is 0 Å². The van der Waals surface area contributed by atoms with Crippen LogP contribution in [0.3, 0.4) is 0 Å². The van der Waals surface area contributed by atoms with Crippen LogP contribution in [0.4, 0.5) is 5.69 Å². The molecule has 1 saturated heterocycles. The second kappa shape index (κ2) is 6.48. The molecule has 6 heteroatoms. The maximum atomic E-state index is 11.1. The van der Waals surface area contributed by atoms with Crippen molar-refractivity contribution >= 4 is 22.8 Å². The number of nitrogens with zero attached hydrogens (tertiary/aromatic N) is 4. The van der Waals surface area contributed by atoms with Crippen molar-refractivity contribution in [3.8, 4) is 0 Å². The average molecular weight is 314 g/mol. The van der Waals surface area contributed by atoms with Crippen molar-refractivity contribution in [3.05, 3.63) is 23.7 Å². The van der Waals surface area contributed by atoms with Crippen molar-refractivity contribution in [1.82, 2.24) is 15.0 Å². The van der Waals surface area contributed by atoms with E-state index >= 15 is 0 Å². The van der Waals surface area contributed by atoms with Crippen LogP contribution in [0.25, 0.3) is 11.2 Å². The summed E-state index contributed by atoms with van der Waals surface area (Å²) in [5.41, 5.74) is 4.55. The molecule has 0 amide bonds. The molecule has 3 heterocycles. The molecule has 2 aromatic rings. The minimum Gasteiger partial charge on any atom is -0.481 e. The molecule has 0 aliphatic carbocycles. The first kappa shape index (κ1) is 15.6. The van der Waals surface area contributed by atoms with E-state index in [2.05, 4.69) is 28.7 Å². The number of rotatable bonds is 4. The predicted octanol–water partition coefficient (Wildman–Crippen LogP) is 2.45. The van der Waals surface area contributed by atoms with Crippen molar-refractivity contribution in [2.75, 3.05) is 18.0 Å². The third-order valence-electron chi connectivity index (χ3n) is 4.54. The smallest absolute Gasteiger partial charge is 0.306 e. The lowest BCUT2D eigenvalue weighted by Crippen LogP contribution is -2.36. The SMILES string of the molecule is CCc1nc2cc(N3CCC(C(=O)O)CC3)cnc2nc1CC. The Labute approximate surface area is 135 Å². The number of anilines is 1. The van der Waals surface area contributed by atoms with Crippen molar-refractivity contribution < 1.29 is 9.90 Å². The molecule has 0 unspecified atom stereocenters. The standard InChI is InChI=1S/C17H22N4O2/c1-3-13-14(4-2)20-16-15(19-13)9-12(10-18-16)21-7-5-11(6-8-21)17(22)23/h9-11H,3-8H2,1-2H3,(H,22,23). The van der Waals surface area contributed by atoms with E-state index in [0.717, 1.165) is 48.5 Å². The zero-order valence-corrected chi connectivity index (χ0v) is 13.6. The van der Waals surface area contributed by atoms with Crippen LogP contribution in [0, 0.1) is 5.92 Å². The highest BCUT2D eigenvalue weighted by Crippen LogP contribution is 2.25. The van der Waals surface area contributed by atoms with E-state index in [-0.39, 0.29) is 5.92 Å². The molecule has 1 aliphatic rings. The van der Waals surface area contributed by atoms with E-state index < -0.39 is 5.97 Å². The first-order valence-corrected chi connectivity index (χ1v) is 8.25. The van der Waals surface area contributed by atoms with E-state index in [1.807, 2.05) is 12.3 Å². The van der Waals surface area contributed by atoms with Crippen LogP contribution in [-0.4, -0.2) is 39.1 Å². The predicted molar refractivity (Wildman–Crippen MR) is 88.7 cm³/mol. The molecule has 23 heavy (non-hydrogen) atoms. The van der Waals surface area contributed by atoms with Gasteiger partial charge in [0.15, 0.2) is 5.65 Å². The summed E-state index contributed by atoms with van der Waals surface area (Å²) in [4.78, 5) is 27.0. The normalized spacial score (nSPS) is 16.0. The number of aryl methyl sites for hydroxylation is 2. The van der Waals surface area contributed by atoms with Gasteiger partial charge < -0.3 is 10.0 Å². The summed E-state index contributed by atoms with van der Waals surface area (Å²) >= 11 is 0. The van der Waals surface area contributed by atoms with Crippen molar-refractivity contribution in [2.45, 2.75) is 39.5 Å². The van der Waals surface area contributed by atoms with E-state index in [1.165, 1.54) is 0 Å². The molecule has 0 atom stereocenters. The summed E-state index contributed by atoms with van der Waals surface area (Å²) in [5, 5.41) is 9.09. The molecule has 2 aromatic heterocycles. The summed E-state index contributed by atoms with van der Waals surface area (Å²) in [7, 11) is 0. The molecule has 122 valence electrons. The van der Waals surface area contributed by atoms with Crippen LogP contribution in [0.2, 0.25) is 0 Å². The first-order chi connectivity index (χ1) is 11.1. The summed E-state index contributed by atoms with van der Waals surface area (Å²) in [6.07, 6.45) is 4.89. The minimum absolute atomic E-state index is 0.224. The van der Waals surface area contributed by atoms with E-state index in [4.69, 9.17) is 10.1 Å². The van der Waals surface area contributed by atoms with Gasteiger partial charge in [0.1, 0.15) is 5.52 Å². The third-order valence-corrected chi connectivity index (χ3v) is 4.54. The molecule has 1 aliphatic heterocycles. The lowest BCUT2D eigenvalue weighted by atomic mass is 9.97. The molecular formula is C17H22N4O2. The van der Waals surface area contributed by atoms with Gasteiger partial charge in [-0.1, -0.05) is 13.8 Å². The molecule has 0 bridgehead atoms. The van der Waals surface area contributed by atoms with Gasteiger partial charge in [-0.3, -0.25) is 4.79 Å². The van der Waals surface area contributed by atoms with Gasteiger partial charge in [0.25, 0.3) is 0 Å². The zero-order valence-electron chi connectivity index (χ0n) is 13.6. The maximum Gasteiger partial charge on any atom is 0.306 e. The Hall–Kier alpha value is -2.24. The monoisotopic (exact) mass is 314 g/mol. The second-order valence-corrected chi connectivity index (χ2v) is 5.96. The van der Waals surface area contributed by atoms with Crippen LogP contribution >= 0.6 is 0 Å². The van der Waals surface area contributed by atoms with Crippen LogP contribution in [0.5, 0.6) is 0 Å². The second-order valence-electron chi connectivity index (χ2n) is 5.96. The van der Waals surface area contributed by atoms with Crippen molar-refractivity contribution in [2.24, 2.45) is 5.92 Å². The zero-order chi connectivity index (χ0) is 16.4. The van der Waals surface area contributed by atoms with Crippen LogP contribution < -0.4 is 4.90 Å². The summed E-state index contributed by atoms with van der Waals surface area (Å²) in [6, 6.07) is 2.02. The number of carbonyl (C=O) groups is 1. The number of hydrogen-bond acceptors (Lipinski definition) is 5. The lowest BCUT2D eigenvalue weighted by molar-refractivity contribution is -0.142. The molecule has 1 fully saturated rings. The molecule has 0 aromatic carbocycles. The van der Waals surface area contributed by atoms with Crippen LogP contribution in [0.1, 0.15) is 38.1 Å². The fourth-order valence-corrected chi connectivity index (χ4v) is 3.13. The van der Waals surface area contributed by atoms with Gasteiger partial charge >= 0.3 is 5.97 Å². The van der Waals surface area contributed by atoms with E-state index in [1.54, 1.807) is 0 Å². The quantitative estimate of drug-likeness (QED) is 0.934. The minimum atomic E-state index is -0.688. The van der Waals surface area contributed by atoms with E-state index in [0.29, 0.717) is 18.5 Å². The Kier molecular flexibility index (Phi) is 4.41. The number of pyridine rings is 1. The molecule has 0 spiro atoms. The first-order valence-electron chi connectivity index (χ1n) is 8.25. The molecular weight excluding hydrogens is 292 g/mol. The summed E-state index contributed by atoms with van der Waals surface area (Å²) in [6.45, 7) is 5.65. The van der Waals surface area contributed by atoms with Gasteiger partial charge in [0, 0.05) is 13.1 Å². The largest absolute Gasteiger partial charge is 0.481 e. The molecule has 0 radical (unpaired) electrons. The number of piperidine rings is 1. The molecule has 0 saturated carbocycles. The van der Waals surface area contributed by atoms with Gasteiger partial charge in [-0.05, 0) is 31.7 Å². The van der Waals surface area contributed by atoms with Gasteiger partial charge in [-0.25, -0.2) is 15.0 Å². The number of carboxylic acid groups (broad SMARTS) is 1. The number of fused-ring (bicyclic) bond motifs is 1. The average Bonchev–Trinajstić information content (AvgIpc) is 2.60. The van der Waals surface area contributed by atoms with Crippen molar-refractivity contribution in [3.63, 3.8) is 0 Å². The maximum absolute atomic E-state index is 11.1. The van der Waals surface area contributed by atoms with Crippen molar-refractivity contribution in [1.29, 1.82) is 0 Å². The number of hydrogen-bond donors (Lipinski definition) is 1. The third kappa shape index (κ3) is 3.11. The number of aromatic nitrogens is 3. The molecule has 6 nitrogen and oxygen atoms in total. The fourth-order valence-electron chi connectivity index (χ4n) is 3.13. The summed E-state index contributed by atoms with van der Waals surface area (Å²) in [5.74, 6) is -0.912. The Balaban J connectivity index is 1.87.